The molecule has 0 aliphatic carbocycles. The summed E-state index contributed by atoms with van der Waals surface area (Å²) < 4.78 is 26.3. The Morgan fingerprint density at radius 1 is 1.48 bits per heavy atom. The van der Waals surface area contributed by atoms with E-state index in [1.165, 1.54) is 6.07 Å². The van der Waals surface area contributed by atoms with E-state index in [1.807, 2.05) is 6.92 Å². The molecule has 3 N–H and O–H groups in total. The van der Waals surface area contributed by atoms with Crippen LogP contribution in [0.1, 0.15) is 26.2 Å². The summed E-state index contributed by atoms with van der Waals surface area (Å²) in [5, 5.41) is 13.3. The molecule has 0 radical (unpaired) electrons. The second-order valence-corrected chi connectivity index (χ2v) is 7.61. The standard InChI is InChI=1S/C13H22N2O4S2/c1-2-11(6-8-16)10-14-12(17)5-7-15-21(18,19)13-4-3-9-20-13/h3-4,9,11,15-16H,2,5-8,10H2,1H3,(H,14,17). The van der Waals surface area contributed by atoms with E-state index in [9.17, 15) is 13.2 Å². The van der Waals surface area contributed by atoms with Gasteiger partial charge in [0.25, 0.3) is 0 Å². The molecule has 0 aliphatic rings. The second-order valence-electron chi connectivity index (χ2n) is 4.67. The maximum atomic E-state index is 11.8. The van der Waals surface area contributed by atoms with Crippen molar-refractivity contribution in [3.8, 4) is 0 Å². The minimum Gasteiger partial charge on any atom is -0.396 e. The maximum absolute atomic E-state index is 11.8. The maximum Gasteiger partial charge on any atom is 0.250 e. The van der Waals surface area contributed by atoms with Gasteiger partial charge in [0.1, 0.15) is 4.21 Å². The highest BCUT2D eigenvalue weighted by Gasteiger charge is 2.15. The molecule has 0 fully saturated rings. The fourth-order valence-corrected chi connectivity index (χ4v) is 3.84. The zero-order valence-electron chi connectivity index (χ0n) is 12.0. The molecule has 1 aromatic heterocycles. The van der Waals surface area contributed by atoms with E-state index in [4.69, 9.17) is 5.11 Å². The Bertz CT molecular complexity index is 514. The number of rotatable bonds is 10. The quantitative estimate of drug-likeness (QED) is 0.593. The number of thiophene rings is 1. The molecule has 1 aromatic rings. The Kier molecular flexibility index (Phi) is 7.87. The van der Waals surface area contributed by atoms with Gasteiger partial charge in [0.05, 0.1) is 0 Å². The molecule has 0 aliphatic heterocycles. The Morgan fingerprint density at radius 3 is 2.81 bits per heavy atom. The summed E-state index contributed by atoms with van der Waals surface area (Å²) in [6.45, 7) is 2.69. The van der Waals surface area contributed by atoms with Gasteiger partial charge in [-0.1, -0.05) is 19.4 Å². The van der Waals surface area contributed by atoms with Crippen molar-refractivity contribution in [2.24, 2.45) is 5.92 Å². The number of amides is 1. The molecule has 0 saturated heterocycles. The summed E-state index contributed by atoms with van der Waals surface area (Å²) in [5.74, 6) is 0.0574. The Morgan fingerprint density at radius 2 is 2.24 bits per heavy atom. The van der Waals surface area contributed by atoms with Crippen LogP contribution in [0.4, 0.5) is 0 Å². The Balaban J connectivity index is 2.28. The van der Waals surface area contributed by atoms with Gasteiger partial charge >= 0.3 is 0 Å². The predicted molar refractivity (Wildman–Crippen MR) is 82.6 cm³/mol. The van der Waals surface area contributed by atoms with Gasteiger partial charge in [-0.2, -0.15) is 0 Å². The molecule has 0 spiro atoms. The Labute approximate surface area is 129 Å². The molecule has 1 amide bonds. The van der Waals surface area contributed by atoms with Gasteiger partial charge in [0.2, 0.25) is 15.9 Å². The number of aliphatic hydroxyl groups excluding tert-OH is 1. The summed E-state index contributed by atoms with van der Waals surface area (Å²) >= 11 is 1.14. The van der Waals surface area contributed by atoms with Crippen molar-refractivity contribution in [2.75, 3.05) is 19.7 Å². The average Bonchev–Trinajstić information content (AvgIpc) is 2.98. The van der Waals surface area contributed by atoms with E-state index >= 15 is 0 Å². The van der Waals surface area contributed by atoms with Crippen LogP contribution in [0.5, 0.6) is 0 Å². The molecule has 21 heavy (non-hydrogen) atoms. The van der Waals surface area contributed by atoms with Gasteiger partial charge in [-0.3, -0.25) is 4.79 Å². The van der Waals surface area contributed by atoms with Crippen LogP contribution < -0.4 is 10.0 Å². The highest BCUT2D eigenvalue weighted by molar-refractivity contribution is 7.91. The number of hydrogen-bond acceptors (Lipinski definition) is 5. The first-order valence-electron chi connectivity index (χ1n) is 6.90. The molecule has 1 rings (SSSR count). The van der Waals surface area contributed by atoms with Crippen molar-refractivity contribution in [1.82, 2.24) is 10.0 Å². The summed E-state index contributed by atoms with van der Waals surface area (Å²) in [6.07, 6.45) is 1.63. The predicted octanol–water partition coefficient (Wildman–Crippen LogP) is 0.941. The van der Waals surface area contributed by atoms with Crippen LogP contribution in [0.25, 0.3) is 0 Å². The zero-order chi connectivity index (χ0) is 15.7. The molecule has 8 heteroatoms. The lowest BCUT2D eigenvalue weighted by atomic mass is 10.0. The van der Waals surface area contributed by atoms with E-state index in [0.29, 0.717) is 13.0 Å². The minimum absolute atomic E-state index is 0.0723. The van der Waals surface area contributed by atoms with Crippen LogP contribution in [-0.2, 0) is 14.8 Å². The van der Waals surface area contributed by atoms with Crippen molar-refractivity contribution >= 4 is 27.3 Å². The van der Waals surface area contributed by atoms with Crippen molar-refractivity contribution in [3.63, 3.8) is 0 Å². The third kappa shape index (κ3) is 6.56. The van der Waals surface area contributed by atoms with Crippen LogP contribution in [0.2, 0.25) is 0 Å². The van der Waals surface area contributed by atoms with Crippen LogP contribution in [0.3, 0.4) is 0 Å². The summed E-state index contributed by atoms with van der Waals surface area (Å²) in [4.78, 5) is 11.6. The highest BCUT2D eigenvalue weighted by atomic mass is 32.2. The van der Waals surface area contributed by atoms with E-state index in [-0.39, 0.29) is 35.6 Å². The highest BCUT2D eigenvalue weighted by Crippen LogP contribution is 2.14. The fourth-order valence-electron chi connectivity index (χ4n) is 1.77. The summed E-state index contributed by atoms with van der Waals surface area (Å²) in [7, 11) is -3.50. The average molecular weight is 334 g/mol. The lowest BCUT2D eigenvalue weighted by molar-refractivity contribution is -0.121. The fraction of sp³-hybridized carbons (Fsp3) is 0.615. The molecule has 1 atom stereocenters. The van der Waals surface area contributed by atoms with Gasteiger partial charge < -0.3 is 10.4 Å². The van der Waals surface area contributed by atoms with Crippen LogP contribution in [-0.4, -0.2) is 39.1 Å². The van der Waals surface area contributed by atoms with Crippen molar-refractivity contribution in [3.05, 3.63) is 17.5 Å². The van der Waals surface area contributed by atoms with Gasteiger partial charge in [-0.15, -0.1) is 11.3 Å². The summed E-state index contributed by atoms with van der Waals surface area (Å²) in [5.41, 5.74) is 0. The topological polar surface area (TPSA) is 95.5 Å². The second kappa shape index (κ2) is 9.14. The largest absolute Gasteiger partial charge is 0.396 e. The van der Waals surface area contributed by atoms with Gasteiger partial charge in [0.15, 0.2) is 0 Å². The number of nitrogens with one attached hydrogen (secondary N) is 2. The molecule has 1 unspecified atom stereocenters. The minimum atomic E-state index is -3.50. The number of hydrogen-bond donors (Lipinski definition) is 3. The lowest BCUT2D eigenvalue weighted by Crippen LogP contribution is -2.33. The third-order valence-corrected chi connectivity index (χ3v) is 5.97. The normalized spacial score (nSPS) is 13.0. The van der Waals surface area contributed by atoms with Crippen molar-refractivity contribution < 1.29 is 18.3 Å². The van der Waals surface area contributed by atoms with Crippen molar-refractivity contribution in [2.45, 2.75) is 30.4 Å². The third-order valence-electron chi connectivity index (χ3n) is 3.11. The molecule has 0 bridgehead atoms. The molecule has 120 valence electrons. The van der Waals surface area contributed by atoms with Crippen molar-refractivity contribution in [1.29, 1.82) is 0 Å². The molecule has 0 saturated carbocycles. The van der Waals surface area contributed by atoms with Crippen LogP contribution in [0.15, 0.2) is 21.7 Å². The molecular formula is C13H22N2O4S2. The SMILES string of the molecule is CCC(CCO)CNC(=O)CCNS(=O)(=O)c1cccs1. The number of carbonyl (C=O) groups excluding carboxylic acids is 1. The van der Waals surface area contributed by atoms with Gasteiger partial charge in [0, 0.05) is 26.1 Å². The van der Waals surface area contributed by atoms with E-state index in [2.05, 4.69) is 10.0 Å². The smallest absolute Gasteiger partial charge is 0.250 e. The number of aliphatic hydroxyl groups is 1. The number of carbonyl (C=O) groups is 1. The van der Waals surface area contributed by atoms with Gasteiger partial charge in [-0.25, -0.2) is 13.1 Å². The molecule has 1 heterocycles. The van der Waals surface area contributed by atoms with E-state index in [1.54, 1.807) is 11.4 Å². The first-order chi connectivity index (χ1) is 9.99. The lowest BCUT2D eigenvalue weighted by Gasteiger charge is -2.14. The van der Waals surface area contributed by atoms with Gasteiger partial charge in [-0.05, 0) is 23.8 Å². The number of sulfonamides is 1. The first kappa shape index (κ1) is 18.1. The zero-order valence-corrected chi connectivity index (χ0v) is 13.7. The summed E-state index contributed by atoms with van der Waals surface area (Å²) in [6, 6.07) is 3.19. The molecule has 6 nitrogen and oxygen atoms in total. The van der Waals surface area contributed by atoms with Crippen LogP contribution in [0, 0.1) is 5.92 Å². The first-order valence-corrected chi connectivity index (χ1v) is 9.26. The molecular weight excluding hydrogens is 312 g/mol. The van der Waals surface area contributed by atoms with E-state index in [0.717, 1.165) is 17.8 Å². The monoisotopic (exact) mass is 334 g/mol. The Hall–Kier alpha value is -0.960. The molecule has 0 aromatic carbocycles. The van der Waals surface area contributed by atoms with E-state index < -0.39 is 10.0 Å². The van der Waals surface area contributed by atoms with Crippen LogP contribution >= 0.6 is 11.3 Å².